The van der Waals surface area contributed by atoms with E-state index in [9.17, 15) is 4.79 Å². The van der Waals surface area contributed by atoms with Crippen molar-refractivity contribution in [2.75, 3.05) is 0 Å². The fourth-order valence-electron chi connectivity index (χ4n) is 1.73. The first-order chi connectivity index (χ1) is 7.78. The Kier molecular flexibility index (Phi) is 5.22. The first-order valence-corrected chi connectivity index (χ1v) is 6.65. The maximum absolute atomic E-state index is 12.4. The van der Waals surface area contributed by atoms with Gasteiger partial charge in [-0.05, 0) is 37.2 Å². The van der Waals surface area contributed by atoms with Gasteiger partial charge in [0, 0.05) is 0 Å². The molecule has 2 heteroatoms. The van der Waals surface area contributed by atoms with Gasteiger partial charge in [-0.3, -0.25) is 4.79 Å². The molecule has 0 spiro atoms. The first kappa shape index (κ1) is 17.2. The molecule has 0 aromatic rings. The SMILES string of the molecule is C=CC(C)(C)OC(=O)C(CC(C)(C)C)C(C)(C)C. The van der Waals surface area contributed by atoms with Crippen LogP contribution in [0.2, 0.25) is 0 Å². The topological polar surface area (TPSA) is 26.3 Å². The van der Waals surface area contributed by atoms with Crippen LogP contribution in [0, 0.1) is 16.7 Å². The molecule has 0 radical (unpaired) electrons. The van der Waals surface area contributed by atoms with Crippen LogP contribution < -0.4 is 0 Å². The predicted octanol–water partition coefficient (Wildman–Crippen LogP) is 4.59. The maximum Gasteiger partial charge on any atom is 0.310 e. The zero-order valence-corrected chi connectivity index (χ0v) is 13.4. The van der Waals surface area contributed by atoms with Crippen molar-refractivity contribution in [2.45, 2.75) is 67.4 Å². The van der Waals surface area contributed by atoms with Crippen LogP contribution in [0.5, 0.6) is 0 Å². The van der Waals surface area contributed by atoms with Crippen LogP contribution in [0.15, 0.2) is 12.7 Å². The summed E-state index contributed by atoms with van der Waals surface area (Å²) in [7, 11) is 0. The fraction of sp³-hybridized carbons (Fsp3) is 0.812. The lowest BCUT2D eigenvalue weighted by Crippen LogP contribution is -2.37. The Morgan fingerprint density at radius 1 is 1.11 bits per heavy atom. The number of hydrogen-bond acceptors (Lipinski definition) is 2. The molecule has 0 heterocycles. The van der Waals surface area contributed by atoms with Crippen molar-refractivity contribution in [3.63, 3.8) is 0 Å². The van der Waals surface area contributed by atoms with Gasteiger partial charge in [-0.25, -0.2) is 0 Å². The van der Waals surface area contributed by atoms with Crippen LogP contribution in [0.3, 0.4) is 0 Å². The second kappa shape index (κ2) is 5.46. The van der Waals surface area contributed by atoms with Crippen molar-refractivity contribution < 1.29 is 9.53 Å². The first-order valence-electron chi connectivity index (χ1n) is 6.65. The van der Waals surface area contributed by atoms with E-state index in [4.69, 9.17) is 4.74 Å². The molecule has 106 valence electrons. The van der Waals surface area contributed by atoms with E-state index in [2.05, 4.69) is 48.1 Å². The van der Waals surface area contributed by atoms with Crippen LogP contribution in [0.1, 0.15) is 61.8 Å². The van der Waals surface area contributed by atoms with Crippen molar-refractivity contribution in [2.24, 2.45) is 16.7 Å². The highest BCUT2D eigenvalue weighted by Crippen LogP contribution is 2.37. The Bertz CT molecular complexity index is 300. The Labute approximate surface area is 113 Å². The predicted molar refractivity (Wildman–Crippen MR) is 77.4 cm³/mol. The van der Waals surface area contributed by atoms with E-state index < -0.39 is 5.60 Å². The summed E-state index contributed by atoms with van der Waals surface area (Å²) in [6.07, 6.45) is 2.49. The standard InChI is InChI=1S/C16H30O2/c1-10-16(8,9)18-13(17)12(15(5,6)7)11-14(2,3)4/h10,12H,1,11H2,2-9H3. The number of carbonyl (C=O) groups excluding carboxylic acids is 1. The van der Waals surface area contributed by atoms with Gasteiger partial charge in [-0.1, -0.05) is 48.1 Å². The fourth-order valence-corrected chi connectivity index (χ4v) is 1.73. The van der Waals surface area contributed by atoms with Crippen molar-refractivity contribution in [3.05, 3.63) is 12.7 Å². The van der Waals surface area contributed by atoms with Crippen LogP contribution in [0.4, 0.5) is 0 Å². The van der Waals surface area contributed by atoms with Gasteiger partial charge in [0.05, 0.1) is 5.92 Å². The lowest BCUT2D eigenvalue weighted by molar-refractivity contribution is -0.163. The quantitative estimate of drug-likeness (QED) is 0.541. The molecule has 0 aliphatic carbocycles. The van der Waals surface area contributed by atoms with Crippen molar-refractivity contribution in [3.8, 4) is 0 Å². The summed E-state index contributed by atoms with van der Waals surface area (Å²) in [5.41, 5.74) is -0.588. The third-order valence-corrected chi connectivity index (χ3v) is 3.00. The molecule has 0 aromatic heterocycles. The van der Waals surface area contributed by atoms with Gasteiger partial charge >= 0.3 is 5.97 Å². The molecule has 0 N–H and O–H groups in total. The largest absolute Gasteiger partial charge is 0.455 e. The minimum absolute atomic E-state index is 0.0956. The molecule has 1 unspecified atom stereocenters. The zero-order valence-electron chi connectivity index (χ0n) is 13.4. The molecule has 2 nitrogen and oxygen atoms in total. The van der Waals surface area contributed by atoms with E-state index in [1.165, 1.54) is 0 Å². The number of esters is 1. The smallest absolute Gasteiger partial charge is 0.310 e. The Hall–Kier alpha value is -0.790. The van der Waals surface area contributed by atoms with Gasteiger partial charge in [0.1, 0.15) is 5.60 Å². The molecule has 0 aromatic carbocycles. The number of hydrogen-bond donors (Lipinski definition) is 0. The normalized spacial score (nSPS) is 15.1. The van der Waals surface area contributed by atoms with E-state index in [1.807, 2.05) is 13.8 Å². The van der Waals surface area contributed by atoms with Gasteiger partial charge in [-0.2, -0.15) is 0 Å². The molecule has 0 fully saturated rings. The second-order valence-electron chi connectivity index (χ2n) is 7.91. The molecule has 0 saturated carbocycles. The molecule has 0 amide bonds. The van der Waals surface area contributed by atoms with E-state index in [-0.39, 0.29) is 22.7 Å². The third kappa shape index (κ3) is 6.23. The van der Waals surface area contributed by atoms with E-state index in [1.54, 1.807) is 6.08 Å². The summed E-state index contributed by atoms with van der Waals surface area (Å²) in [6.45, 7) is 20.1. The van der Waals surface area contributed by atoms with Crippen LogP contribution in [-0.2, 0) is 9.53 Å². The molecular formula is C16H30O2. The van der Waals surface area contributed by atoms with Crippen molar-refractivity contribution >= 4 is 5.97 Å². The number of carbonyl (C=O) groups is 1. The van der Waals surface area contributed by atoms with Gasteiger partial charge in [0.15, 0.2) is 0 Å². The highest BCUT2D eigenvalue weighted by Gasteiger charge is 2.37. The Balaban J connectivity index is 5.00. The molecular weight excluding hydrogens is 224 g/mol. The summed E-state index contributed by atoms with van der Waals surface area (Å²) in [4.78, 5) is 12.4. The molecule has 18 heavy (non-hydrogen) atoms. The van der Waals surface area contributed by atoms with E-state index >= 15 is 0 Å². The van der Waals surface area contributed by atoms with Crippen molar-refractivity contribution in [1.82, 2.24) is 0 Å². The zero-order chi connectivity index (χ0) is 14.8. The summed E-state index contributed by atoms with van der Waals surface area (Å²) in [5.74, 6) is -0.223. The van der Waals surface area contributed by atoms with Gasteiger partial charge < -0.3 is 4.74 Å². The minimum Gasteiger partial charge on any atom is -0.455 e. The van der Waals surface area contributed by atoms with Crippen LogP contribution in [0.25, 0.3) is 0 Å². The van der Waals surface area contributed by atoms with E-state index in [0.717, 1.165) is 6.42 Å². The highest BCUT2D eigenvalue weighted by molar-refractivity contribution is 5.74. The third-order valence-electron chi connectivity index (χ3n) is 3.00. The maximum atomic E-state index is 12.4. The minimum atomic E-state index is -0.599. The second-order valence-corrected chi connectivity index (χ2v) is 7.91. The highest BCUT2D eigenvalue weighted by atomic mass is 16.6. The Morgan fingerprint density at radius 3 is 1.83 bits per heavy atom. The molecule has 0 rings (SSSR count). The molecule has 1 atom stereocenters. The summed E-state index contributed by atoms with van der Waals surface area (Å²) >= 11 is 0. The summed E-state index contributed by atoms with van der Waals surface area (Å²) in [6, 6.07) is 0. The average molecular weight is 254 g/mol. The van der Waals surface area contributed by atoms with E-state index in [0.29, 0.717) is 0 Å². The Morgan fingerprint density at radius 2 is 1.56 bits per heavy atom. The van der Waals surface area contributed by atoms with Crippen molar-refractivity contribution in [1.29, 1.82) is 0 Å². The van der Waals surface area contributed by atoms with Gasteiger partial charge in [0.25, 0.3) is 0 Å². The lowest BCUT2D eigenvalue weighted by Gasteiger charge is -2.35. The lowest BCUT2D eigenvalue weighted by atomic mass is 9.72. The van der Waals surface area contributed by atoms with Gasteiger partial charge in [0.2, 0.25) is 0 Å². The van der Waals surface area contributed by atoms with Gasteiger partial charge in [-0.15, -0.1) is 0 Å². The number of ether oxygens (including phenoxy) is 1. The molecule has 0 bridgehead atoms. The summed E-state index contributed by atoms with van der Waals surface area (Å²) in [5, 5.41) is 0. The monoisotopic (exact) mass is 254 g/mol. The van der Waals surface area contributed by atoms with Crippen LogP contribution in [-0.4, -0.2) is 11.6 Å². The number of rotatable bonds is 4. The molecule has 0 aliphatic heterocycles. The molecule has 0 saturated heterocycles. The molecule has 0 aliphatic rings. The van der Waals surface area contributed by atoms with Crippen LogP contribution >= 0.6 is 0 Å². The average Bonchev–Trinajstić information content (AvgIpc) is 2.10. The summed E-state index contributed by atoms with van der Waals surface area (Å²) < 4.78 is 5.56.